The fourth-order valence-electron chi connectivity index (χ4n) is 3.77. The van der Waals surface area contributed by atoms with Gasteiger partial charge in [0.15, 0.2) is 0 Å². The predicted octanol–water partition coefficient (Wildman–Crippen LogP) is 2.14. The molecule has 0 N–H and O–H groups in total. The second-order valence-corrected chi connectivity index (χ2v) is 7.91. The number of hydrogen-bond acceptors (Lipinski definition) is 6. The first-order chi connectivity index (χ1) is 11.5. The van der Waals surface area contributed by atoms with E-state index in [9.17, 15) is 0 Å². The molecule has 0 bridgehead atoms. The monoisotopic (exact) mass is 324 g/mol. The van der Waals surface area contributed by atoms with Crippen LogP contribution in [0, 0.1) is 11.8 Å². The second-order valence-electron chi connectivity index (χ2n) is 7.91. The third kappa shape index (κ3) is 2.81. The van der Waals surface area contributed by atoms with Gasteiger partial charge in [0, 0.05) is 55.7 Å². The van der Waals surface area contributed by atoms with Crippen molar-refractivity contribution in [2.24, 2.45) is 11.8 Å². The van der Waals surface area contributed by atoms with Gasteiger partial charge in [0.2, 0.25) is 0 Å². The quantitative estimate of drug-likeness (QED) is 0.843. The summed E-state index contributed by atoms with van der Waals surface area (Å²) in [5.74, 6) is 3.46. The van der Waals surface area contributed by atoms with Crippen molar-refractivity contribution < 1.29 is 0 Å². The molecule has 2 saturated heterocycles. The highest BCUT2D eigenvalue weighted by Gasteiger charge is 2.41. The van der Waals surface area contributed by atoms with Gasteiger partial charge in [0.1, 0.15) is 24.3 Å². The molecule has 126 valence electrons. The van der Waals surface area contributed by atoms with Crippen molar-refractivity contribution in [2.75, 3.05) is 36.0 Å². The van der Waals surface area contributed by atoms with E-state index >= 15 is 0 Å². The highest BCUT2D eigenvalue weighted by molar-refractivity contribution is 5.45. The van der Waals surface area contributed by atoms with Crippen LogP contribution < -0.4 is 9.80 Å². The molecule has 2 aliphatic rings. The van der Waals surface area contributed by atoms with Crippen molar-refractivity contribution in [3.63, 3.8) is 0 Å². The molecule has 0 aliphatic carbocycles. The average molecular weight is 324 g/mol. The summed E-state index contributed by atoms with van der Waals surface area (Å²) in [6.07, 6.45) is 5.15. The molecule has 0 amide bonds. The SMILES string of the molecule is CC(C)(C)c1cc(N2CC3CN(c4ccncn4)CC3C2)ncn1. The summed E-state index contributed by atoms with van der Waals surface area (Å²) in [6, 6.07) is 4.15. The van der Waals surface area contributed by atoms with E-state index in [2.05, 4.69) is 56.6 Å². The summed E-state index contributed by atoms with van der Waals surface area (Å²) >= 11 is 0. The Labute approximate surface area is 143 Å². The number of anilines is 2. The van der Waals surface area contributed by atoms with Crippen LogP contribution in [0.1, 0.15) is 26.5 Å². The summed E-state index contributed by atoms with van der Waals surface area (Å²) < 4.78 is 0. The van der Waals surface area contributed by atoms with E-state index in [0.29, 0.717) is 11.8 Å². The molecule has 2 aromatic heterocycles. The van der Waals surface area contributed by atoms with E-state index < -0.39 is 0 Å². The molecule has 2 fully saturated rings. The highest BCUT2D eigenvalue weighted by atomic mass is 15.3. The van der Waals surface area contributed by atoms with Crippen molar-refractivity contribution in [1.82, 2.24) is 19.9 Å². The summed E-state index contributed by atoms with van der Waals surface area (Å²) in [6.45, 7) is 10.8. The Balaban J connectivity index is 1.46. The molecule has 6 heteroatoms. The highest BCUT2D eigenvalue weighted by Crippen LogP contribution is 2.35. The zero-order valence-electron chi connectivity index (χ0n) is 14.6. The van der Waals surface area contributed by atoms with E-state index in [-0.39, 0.29) is 5.41 Å². The molecule has 24 heavy (non-hydrogen) atoms. The average Bonchev–Trinajstić information content (AvgIpc) is 3.14. The Kier molecular flexibility index (Phi) is 3.62. The molecule has 2 atom stereocenters. The van der Waals surface area contributed by atoms with Crippen molar-refractivity contribution >= 4 is 11.6 Å². The van der Waals surface area contributed by atoms with Crippen LogP contribution in [0.2, 0.25) is 0 Å². The lowest BCUT2D eigenvalue weighted by Gasteiger charge is -2.24. The van der Waals surface area contributed by atoms with Gasteiger partial charge in [-0.25, -0.2) is 19.9 Å². The lowest BCUT2D eigenvalue weighted by molar-refractivity contribution is 0.533. The van der Waals surface area contributed by atoms with Crippen LogP contribution in [-0.4, -0.2) is 46.1 Å². The first kappa shape index (κ1) is 15.3. The summed E-state index contributed by atoms with van der Waals surface area (Å²) in [5, 5.41) is 0. The minimum atomic E-state index is 0.0527. The van der Waals surface area contributed by atoms with Gasteiger partial charge >= 0.3 is 0 Å². The number of fused-ring (bicyclic) bond motifs is 1. The van der Waals surface area contributed by atoms with E-state index in [1.807, 2.05) is 12.3 Å². The van der Waals surface area contributed by atoms with Gasteiger partial charge in [-0.15, -0.1) is 0 Å². The van der Waals surface area contributed by atoms with Crippen molar-refractivity contribution in [1.29, 1.82) is 0 Å². The van der Waals surface area contributed by atoms with Crippen LogP contribution in [-0.2, 0) is 5.41 Å². The Hall–Kier alpha value is -2.24. The number of rotatable bonds is 2. The molecule has 2 unspecified atom stereocenters. The van der Waals surface area contributed by atoms with Crippen molar-refractivity contribution in [3.05, 3.63) is 36.7 Å². The summed E-state index contributed by atoms with van der Waals surface area (Å²) in [4.78, 5) is 22.2. The van der Waals surface area contributed by atoms with Crippen LogP contribution in [0.3, 0.4) is 0 Å². The Bertz CT molecular complexity index is 697. The molecule has 4 heterocycles. The van der Waals surface area contributed by atoms with Crippen molar-refractivity contribution in [2.45, 2.75) is 26.2 Å². The molecule has 2 aromatic rings. The van der Waals surface area contributed by atoms with Crippen LogP contribution in [0.25, 0.3) is 0 Å². The van der Waals surface area contributed by atoms with Gasteiger partial charge in [0.05, 0.1) is 5.69 Å². The van der Waals surface area contributed by atoms with Gasteiger partial charge in [-0.2, -0.15) is 0 Å². The minimum Gasteiger partial charge on any atom is -0.356 e. The third-order valence-corrected chi connectivity index (χ3v) is 5.12. The lowest BCUT2D eigenvalue weighted by atomic mass is 9.92. The topological polar surface area (TPSA) is 58.0 Å². The first-order valence-corrected chi connectivity index (χ1v) is 8.59. The van der Waals surface area contributed by atoms with Gasteiger partial charge in [-0.1, -0.05) is 20.8 Å². The zero-order chi connectivity index (χ0) is 16.7. The lowest BCUT2D eigenvalue weighted by Crippen LogP contribution is -2.30. The first-order valence-electron chi connectivity index (χ1n) is 8.59. The molecule has 4 rings (SSSR count). The maximum absolute atomic E-state index is 4.52. The number of nitrogens with zero attached hydrogens (tertiary/aromatic N) is 6. The van der Waals surface area contributed by atoms with Crippen LogP contribution in [0.4, 0.5) is 11.6 Å². The standard InChI is InChI=1S/C18H24N6/c1-18(2,3)15-6-17(22-12-20-15)24-9-13-7-23(8-14(13)10-24)16-4-5-19-11-21-16/h4-6,11-14H,7-10H2,1-3H3. The molecule has 6 nitrogen and oxygen atoms in total. The normalized spacial score (nSPS) is 23.6. The fourth-order valence-corrected chi connectivity index (χ4v) is 3.77. The summed E-state index contributed by atoms with van der Waals surface area (Å²) in [7, 11) is 0. The molecule has 0 saturated carbocycles. The second kappa shape index (κ2) is 5.69. The number of hydrogen-bond donors (Lipinski definition) is 0. The molecule has 0 spiro atoms. The Morgan fingerprint density at radius 1 is 0.875 bits per heavy atom. The van der Waals surface area contributed by atoms with Gasteiger partial charge in [-0.05, 0) is 6.07 Å². The van der Waals surface area contributed by atoms with Gasteiger partial charge < -0.3 is 9.80 Å². The maximum Gasteiger partial charge on any atom is 0.132 e. The summed E-state index contributed by atoms with van der Waals surface area (Å²) in [5.41, 5.74) is 1.16. The smallest absolute Gasteiger partial charge is 0.132 e. The van der Waals surface area contributed by atoms with Gasteiger partial charge in [-0.3, -0.25) is 0 Å². The largest absolute Gasteiger partial charge is 0.356 e. The fraction of sp³-hybridized carbons (Fsp3) is 0.556. The maximum atomic E-state index is 4.52. The van der Waals surface area contributed by atoms with E-state index in [1.54, 1.807) is 12.7 Å². The zero-order valence-corrected chi connectivity index (χ0v) is 14.6. The van der Waals surface area contributed by atoms with E-state index in [4.69, 9.17) is 0 Å². The Morgan fingerprint density at radius 2 is 1.50 bits per heavy atom. The molecule has 0 aromatic carbocycles. The van der Waals surface area contributed by atoms with Gasteiger partial charge in [0.25, 0.3) is 0 Å². The minimum absolute atomic E-state index is 0.0527. The third-order valence-electron chi connectivity index (χ3n) is 5.12. The van der Waals surface area contributed by atoms with Crippen LogP contribution >= 0.6 is 0 Å². The van der Waals surface area contributed by atoms with E-state index in [0.717, 1.165) is 43.5 Å². The van der Waals surface area contributed by atoms with Crippen LogP contribution in [0.15, 0.2) is 31.0 Å². The van der Waals surface area contributed by atoms with E-state index in [1.165, 1.54) is 0 Å². The van der Waals surface area contributed by atoms with Crippen LogP contribution in [0.5, 0.6) is 0 Å². The predicted molar refractivity (Wildman–Crippen MR) is 94.2 cm³/mol. The molecular weight excluding hydrogens is 300 g/mol. The number of aromatic nitrogens is 4. The van der Waals surface area contributed by atoms with Crippen molar-refractivity contribution in [3.8, 4) is 0 Å². The molecule has 2 aliphatic heterocycles. The Morgan fingerprint density at radius 3 is 2.08 bits per heavy atom. The molecular formula is C18H24N6. The molecule has 0 radical (unpaired) electrons.